The molecule has 0 aromatic heterocycles. The lowest BCUT2D eigenvalue weighted by Crippen LogP contribution is -2.35. The van der Waals surface area contributed by atoms with Crippen LogP contribution in [0.5, 0.6) is 5.75 Å². The van der Waals surface area contributed by atoms with Gasteiger partial charge in [0.25, 0.3) is 0 Å². The van der Waals surface area contributed by atoms with Crippen LogP contribution >= 0.6 is 0 Å². The van der Waals surface area contributed by atoms with Gasteiger partial charge in [-0.2, -0.15) is 5.26 Å². The molecule has 0 fully saturated rings. The van der Waals surface area contributed by atoms with Gasteiger partial charge in [-0.3, -0.25) is 4.79 Å². The van der Waals surface area contributed by atoms with Gasteiger partial charge in [-0.25, -0.2) is 0 Å². The fraction of sp³-hybridized carbons (Fsp3) is 0.429. The van der Waals surface area contributed by atoms with Crippen LogP contribution in [-0.2, 0) is 11.3 Å². The van der Waals surface area contributed by atoms with Crippen molar-refractivity contribution in [1.82, 2.24) is 5.32 Å². The largest absolute Gasteiger partial charge is 0.496 e. The van der Waals surface area contributed by atoms with Crippen LogP contribution in [0.15, 0.2) is 18.2 Å². The van der Waals surface area contributed by atoms with E-state index < -0.39 is 5.41 Å². The summed E-state index contributed by atoms with van der Waals surface area (Å²) >= 11 is 0. The Morgan fingerprint density at radius 1 is 1.50 bits per heavy atom. The second kappa shape index (κ2) is 5.54. The number of carbonyl (C=O) groups excluding carboxylic acids is 1. The Balaban J connectivity index is 2.68. The van der Waals surface area contributed by atoms with Gasteiger partial charge in [-0.1, -0.05) is 12.1 Å². The highest BCUT2D eigenvalue weighted by Gasteiger charge is 2.26. The summed E-state index contributed by atoms with van der Waals surface area (Å²) in [6, 6.07) is 7.69. The molecule has 0 saturated carbocycles. The third kappa shape index (κ3) is 3.24. The van der Waals surface area contributed by atoms with Crippen LogP contribution < -0.4 is 10.1 Å². The minimum absolute atomic E-state index is 0.265. The van der Waals surface area contributed by atoms with Gasteiger partial charge in [-0.05, 0) is 38.0 Å². The minimum atomic E-state index is -0.998. The number of benzene rings is 1. The van der Waals surface area contributed by atoms with Crippen molar-refractivity contribution in [2.75, 3.05) is 7.11 Å². The molecule has 0 bridgehead atoms. The molecular formula is C14H18N2O2. The van der Waals surface area contributed by atoms with Crippen molar-refractivity contribution < 1.29 is 9.53 Å². The van der Waals surface area contributed by atoms with Gasteiger partial charge in [-0.15, -0.1) is 0 Å². The first kappa shape index (κ1) is 14.0. The van der Waals surface area contributed by atoms with E-state index in [-0.39, 0.29) is 5.91 Å². The lowest BCUT2D eigenvalue weighted by molar-refractivity contribution is -0.126. The van der Waals surface area contributed by atoms with Gasteiger partial charge in [0, 0.05) is 6.54 Å². The van der Waals surface area contributed by atoms with Crippen LogP contribution in [-0.4, -0.2) is 13.0 Å². The molecule has 0 radical (unpaired) electrons. The van der Waals surface area contributed by atoms with Crippen LogP contribution in [0.4, 0.5) is 0 Å². The summed E-state index contributed by atoms with van der Waals surface area (Å²) in [5, 5.41) is 11.6. The van der Waals surface area contributed by atoms with E-state index in [2.05, 4.69) is 5.32 Å². The summed E-state index contributed by atoms with van der Waals surface area (Å²) in [6.45, 7) is 5.56. The molecule has 1 aromatic carbocycles. The normalized spacial score (nSPS) is 10.6. The van der Waals surface area contributed by atoms with Crippen LogP contribution in [0, 0.1) is 23.7 Å². The molecule has 0 saturated heterocycles. The van der Waals surface area contributed by atoms with E-state index in [1.54, 1.807) is 21.0 Å². The summed E-state index contributed by atoms with van der Waals surface area (Å²) in [6.07, 6.45) is 0. The summed E-state index contributed by atoms with van der Waals surface area (Å²) in [5.74, 6) is 0.556. The van der Waals surface area contributed by atoms with Gasteiger partial charge >= 0.3 is 0 Å². The molecule has 4 heteroatoms. The van der Waals surface area contributed by atoms with Gasteiger partial charge in [0.15, 0.2) is 0 Å². The Labute approximate surface area is 108 Å². The molecule has 1 amide bonds. The standard InChI is InChI=1S/C14H18N2O2/c1-10-7-11(5-6-12(10)18-4)8-16-13(17)14(2,3)9-15/h5-7H,8H2,1-4H3,(H,16,17). The molecule has 0 heterocycles. The molecule has 4 nitrogen and oxygen atoms in total. The number of aryl methyl sites for hydroxylation is 1. The predicted octanol–water partition coefficient (Wildman–Crippen LogP) is 2.17. The van der Waals surface area contributed by atoms with Crippen molar-refractivity contribution in [3.63, 3.8) is 0 Å². The summed E-state index contributed by atoms with van der Waals surface area (Å²) in [4.78, 5) is 11.7. The van der Waals surface area contributed by atoms with Crippen LogP contribution in [0.1, 0.15) is 25.0 Å². The number of amides is 1. The predicted molar refractivity (Wildman–Crippen MR) is 69.0 cm³/mol. The Morgan fingerprint density at radius 2 is 2.17 bits per heavy atom. The Kier molecular flexibility index (Phi) is 4.33. The number of hydrogen-bond acceptors (Lipinski definition) is 3. The molecule has 96 valence electrons. The molecule has 0 aliphatic heterocycles. The summed E-state index contributed by atoms with van der Waals surface area (Å²) < 4.78 is 5.17. The van der Waals surface area contributed by atoms with Gasteiger partial charge in [0.05, 0.1) is 13.2 Å². The van der Waals surface area contributed by atoms with E-state index in [4.69, 9.17) is 10.00 Å². The third-order valence-corrected chi connectivity index (χ3v) is 2.76. The number of nitrogens with one attached hydrogen (secondary N) is 1. The maximum Gasteiger partial charge on any atom is 0.240 e. The van der Waals surface area contributed by atoms with Crippen molar-refractivity contribution in [1.29, 1.82) is 5.26 Å². The summed E-state index contributed by atoms with van der Waals surface area (Å²) in [7, 11) is 1.62. The van der Waals surface area contributed by atoms with E-state index in [1.807, 2.05) is 31.2 Å². The molecule has 1 rings (SSSR count). The molecule has 0 spiro atoms. The number of carbonyl (C=O) groups is 1. The van der Waals surface area contributed by atoms with Crippen LogP contribution in [0.25, 0.3) is 0 Å². The zero-order valence-corrected chi connectivity index (χ0v) is 11.2. The molecule has 0 unspecified atom stereocenters. The first-order valence-electron chi connectivity index (χ1n) is 5.74. The highest BCUT2D eigenvalue weighted by atomic mass is 16.5. The fourth-order valence-electron chi connectivity index (χ4n) is 1.50. The number of hydrogen-bond donors (Lipinski definition) is 1. The van der Waals surface area contributed by atoms with Crippen LogP contribution in [0.3, 0.4) is 0 Å². The first-order valence-corrected chi connectivity index (χ1v) is 5.74. The Bertz CT molecular complexity index is 487. The van der Waals surface area contributed by atoms with E-state index in [0.717, 1.165) is 16.9 Å². The minimum Gasteiger partial charge on any atom is -0.496 e. The van der Waals surface area contributed by atoms with E-state index >= 15 is 0 Å². The van der Waals surface area contributed by atoms with Crippen molar-refractivity contribution >= 4 is 5.91 Å². The quantitative estimate of drug-likeness (QED) is 0.885. The lowest BCUT2D eigenvalue weighted by Gasteiger charge is -2.15. The summed E-state index contributed by atoms with van der Waals surface area (Å²) in [5.41, 5.74) is 1.00. The lowest BCUT2D eigenvalue weighted by atomic mass is 9.94. The SMILES string of the molecule is COc1ccc(CNC(=O)C(C)(C)C#N)cc1C. The van der Waals surface area contributed by atoms with Crippen molar-refractivity contribution in [3.8, 4) is 11.8 Å². The molecule has 1 aromatic rings. The topological polar surface area (TPSA) is 62.1 Å². The maximum atomic E-state index is 11.7. The number of rotatable bonds is 4. The zero-order chi connectivity index (χ0) is 13.8. The second-order valence-electron chi connectivity index (χ2n) is 4.72. The van der Waals surface area contributed by atoms with Crippen LogP contribution in [0.2, 0.25) is 0 Å². The number of nitrogens with zero attached hydrogens (tertiary/aromatic N) is 1. The second-order valence-corrected chi connectivity index (χ2v) is 4.72. The highest BCUT2D eigenvalue weighted by molar-refractivity contribution is 5.84. The Morgan fingerprint density at radius 3 is 2.67 bits per heavy atom. The first-order chi connectivity index (χ1) is 8.40. The van der Waals surface area contributed by atoms with Crippen molar-refractivity contribution in [2.24, 2.45) is 5.41 Å². The van der Waals surface area contributed by atoms with E-state index in [0.29, 0.717) is 6.54 Å². The molecule has 0 aliphatic carbocycles. The number of methoxy groups -OCH3 is 1. The van der Waals surface area contributed by atoms with Gasteiger partial charge in [0.1, 0.15) is 11.2 Å². The molecule has 18 heavy (non-hydrogen) atoms. The van der Waals surface area contributed by atoms with Crippen molar-refractivity contribution in [3.05, 3.63) is 29.3 Å². The van der Waals surface area contributed by atoms with E-state index in [1.165, 1.54) is 0 Å². The zero-order valence-electron chi connectivity index (χ0n) is 11.2. The molecule has 1 N–H and O–H groups in total. The van der Waals surface area contributed by atoms with Gasteiger partial charge in [0.2, 0.25) is 5.91 Å². The number of nitriles is 1. The highest BCUT2D eigenvalue weighted by Crippen LogP contribution is 2.19. The number of ether oxygens (including phenoxy) is 1. The monoisotopic (exact) mass is 246 g/mol. The molecule has 0 aliphatic rings. The van der Waals surface area contributed by atoms with Crippen molar-refractivity contribution in [2.45, 2.75) is 27.3 Å². The molecular weight excluding hydrogens is 228 g/mol. The average Bonchev–Trinajstić information content (AvgIpc) is 2.36. The smallest absolute Gasteiger partial charge is 0.240 e. The Hall–Kier alpha value is -2.02. The average molecular weight is 246 g/mol. The fourth-order valence-corrected chi connectivity index (χ4v) is 1.50. The third-order valence-electron chi connectivity index (χ3n) is 2.76. The van der Waals surface area contributed by atoms with Gasteiger partial charge < -0.3 is 10.1 Å². The molecule has 0 atom stereocenters. The van der Waals surface area contributed by atoms with E-state index in [9.17, 15) is 4.79 Å². The maximum absolute atomic E-state index is 11.7.